The first kappa shape index (κ1) is 15.0. The van der Waals surface area contributed by atoms with Crippen LogP contribution in [0.5, 0.6) is 0 Å². The lowest BCUT2D eigenvalue weighted by atomic mass is 10.2. The van der Waals surface area contributed by atoms with Gasteiger partial charge in [0.05, 0.1) is 16.7 Å². The van der Waals surface area contributed by atoms with Crippen LogP contribution in [-0.2, 0) is 10.0 Å². The fourth-order valence-electron chi connectivity index (χ4n) is 1.67. The van der Waals surface area contributed by atoms with Crippen LogP contribution in [0.25, 0.3) is 0 Å². The van der Waals surface area contributed by atoms with E-state index >= 15 is 0 Å². The van der Waals surface area contributed by atoms with Crippen molar-refractivity contribution in [1.82, 2.24) is 4.72 Å². The zero-order valence-electron chi connectivity index (χ0n) is 10.5. The molecule has 4 nitrogen and oxygen atoms in total. The molecule has 0 spiro atoms. The zero-order chi connectivity index (χ0) is 14.8. The quantitative estimate of drug-likeness (QED) is 0.937. The Morgan fingerprint density at radius 3 is 2.70 bits per heavy atom. The third-order valence-corrected chi connectivity index (χ3v) is 5.45. The van der Waals surface area contributed by atoms with E-state index in [-0.39, 0.29) is 16.0 Å². The van der Waals surface area contributed by atoms with E-state index in [1.165, 1.54) is 29.5 Å². The number of hydrogen-bond donors (Lipinski definition) is 1. The maximum absolute atomic E-state index is 12.3. The number of sulfonamides is 1. The number of hydrogen-bond acceptors (Lipinski definition) is 4. The Morgan fingerprint density at radius 2 is 2.15 bits per heavy atom. The fraction of sp³-hybridized carbons (Fsp3) is 0.154. The van der Waals surface area contributed by atoms with Gasteiger partial charge in [0.1, 0.15) is 4.90 Å². The monoisotopic (exact) mass is 326 g/mol. The van der Waals surface area contributed by atoms with Crippen molar-refractivity contribution in [1.29, 1.82) is 5.26 Å². The van der Waals surface area contributed by atoms with Crippen molar-refractivity contribution in [2.75, 3.05) is 0 Å². The molecule has 1 unspecified atom stereocenters. The van der Waals surface area contributed by atoms with Crippen LogP contribution in [0.15, 0.2) is 39.9 Å². The van der Waals surface area contributed by atoms with E-state index < -0.39 is 10.0 Å². The van der Waals surface area contributed by atoms with Crippen LogP contribution < -0.4 is 4.72 Å². The summed E-state index contributed by atoms with van der Waals surface area (Å²) in [6.45, 7) is 1.76. The SMILES string of the molecule is CC(NS(=O)(=O)c1ccc(C#N)cc1Cl)c1ccsc1. The smallest absolute Gasteiger partial charge is 0.207 e. The highest BCUT2D eigenvalue weighted by molar-refractivity contribution is 7.89. The van der Waals surface area contributed by atoms with Gasteiger partial charge < -0.3 is 0 Å². The first-order valence-electron chi connectivity index (χ1n) is 5.68. The summed E-state index contributed by atoms with van der Waals surface area (Å²) in [6.07, 6.45) is 0. The normalized spacial score (nSPS) is 12.8. The maximum Gasteiger partial charge on any atom is 0.242 e. The Hall–Kier alpha value is -1.39. The van der Waals surface area contributed by atoms with E-state index in [9.17, 15) is 8.42 Å². The van der Waals surface area contributed by atoms with Gasteiger partial charge in [0, 0.05) is 6.04 Å². The molecule has 2 rings (SSSR count). The van der Waals surface area contributed by atoms with Crippen molar-refractivity contribution in [3.05, 3.63) is 51.2 Å². The van der Waals surface area contributed by atoms with Crippen molar-refractivity contribution < 1.29 is 8.42 Å². The van der Waals surface area contributed by atoms with Gasteiger partial charge in [-0.1, -0.05) is 11.6 Å². The van der Waals surface area contributed by atoms with Gasteiger partial charge in [-0.2, -0.15) is 16.6 Å². The molecule has 104 valence electrons. The maximum atomic E-state index is 12.3. The molecule has 1 N–H and O–H groups in total. The molecular formula is C13H11ClN2O2S2. The summed E-state index contributed by atoms with van der Waals surface area (Å²) >= 11 is 7.43. The van der Waals surface area contributed by atoms with Crippen molar-refractivity contribution >= 4 is 33.0 Å². The van der Waals surface area contributed by atoms with Crippen LogP contribution in [0.1, 0.15) is 24.1 Å². The van der Waals surface area contributed by atoms with Gasteiger partial charge in [-0.15, -0.1) is 0 Å². The number of nitrogens with one attached hydrogen (secondary N) is 1. The average Bonchev–Trinajstić information content (AvgIpc) is 2.91. The number of thiophene rings is 1. The van der Waals surface area contributed by atoms with Gasteiger partial charge in [0.15, 0.2) is 0 Å². The molecule has 7 heteroatoms. The van der Waals surface area contributed by atoms with Gasteiger partial charge >= 0.3 is 0 Å². The van der Waals surface area contributed by atoms with Gasteiger partial charge in [0.25, 0.3) is 0 Å². The predicted molar refractivity (Wildman–Crippen MR) is 79.2 cm³/mol. The Bertz CT molecular complexity index is 749. The van der Waals surface area contributed by atoms with Crippen molar-refractivity contribution in [2.24, 2.45) is 0 Å². The molecule has 0 saturated heterocycles. The topological polar surface area (TPSA) is 70.0 Å². The second-order valence-corrected chi connectivity index (χ2v) is 7.03. The number of halogens is 1. The van der Waals surface area contributed by atoms with E-state index in [0.717, 1.165) is 5.56 Å². The molecule has 1 atom stereocenters. The minimum absolute atomic E-state index is 0.0275. The van der Waals surface area contributed by atoms with Gasteiger partial charge in [-0.3, -0.25) is 0 Å². The lowest BCUT2D eigenvalue weighted by Crippen LogP contribution is -2.26. The van der Waals surface area contributed by atoms with Crippen LogP contribution >= 0.6 is 22.9 Å². The Balaban J connectivity index is 2.29. The summed E-state index contributed by atoms with van der Waals surface area (Å²) in [5.74, 6) is 0. The van der Waals surface area contributed by atoms with Crippen LogP contribution in [0, 0.1) is 11.3 Å². The van der Waals surface area contributed by atoms with E-state index in [2.05, 4.69) is 4.72 Å². The van der Waals surface area contributed by atoms with Crippen molar-refractivity contribution in [2.45, 2.75) is 17.9 Å². The molecule has 1 heterocycles. The second-order valence-electron chi connectivity index (χ2n) is 4.16. The summed E-state index contributed by atoms with van der Waals surface area (Å²) in [5, 5.41) is 12.6. The number of nitriles is 1. The average molecular weight is 327 g/mol. The molecule has 0 bridgehead atoms. The molecule has 0 radical (unpaired) electrons. The predicted octanol–water partition coefficient (Wildman–Crippen LogP) is 3.31. The molecule has 0 fully saturated rings. The molecule has 0 amide bonds. The molecule has 0 aliphatic carbocycles. The minimum Gasteiger partial charge on any atom is -0.207 e. The van der Waals surface area contributed by atoms with E-state index in [0.29, 0.717) is 5.56 Å². The Kier molecular flexibility index (Phi) is 4.45. The minimum atomic E-state index is -3.73. The van der Waals surface area contributed by atoms with Gasteiger partial charge in [0.2, 0.25) is 10.0 Å². The molecule has 1 aromatic carbocycles. The molecule has 0 aliphatic rings. The first-order chi connectivity index (χ1) is 9.44. The lowest BCUT2D eigenvalue weighted by Gasteiger charge is -2.14. The summed E-state index contributed by atoms with van der Waals surface area (Å²) in [5.41, 5.74) is 1.21. The van der Waals surface area contributed by atoms with Crippen LogP contribution in [0.4, 0.5) is 0 Å². The lowest BCUT2D eigenvalue weighted by molar-refractivity contribution is 0.567. The molecule has 2 aromatic rings. The van der Waals surface area contributed by atoms with Gasteiger partial charge in [-0.05, 0) is 47.5 Å². The van der Waals surface area contributed by atoms with E-state index in [1.54, 1.807) is 6.92 Å². The highest BCUT2D eigenvalue weighted by Crippen LogP contribution is 2.25. The standard InChI is InChI=1S/C13H11ClN2O2S2/c1-9(11-4-5-19-8-11)16-20(17,18)13-3-2-10(7-15)6-12(13)14/h2-6,8-9,16H,1H3. The Morgan fingerprint density at radius 1 is 1.40 bits per heavy atom. The van der Waals surface area contributed by atoms with E-state index in [1.807, 2.05) is 22.9 Å². The number of nitrogens with zero attached hydrogens (tertiary/aromatic N) is 1. The number of rotatable bonds is 4. The highest BCUT2D eigenvalue weighted by Gasteiger charge is 2.21. The summed E-state index contributed by atoms with van der Waals surface area (Å²) < 4.78 is 27.1. The van der Waals surface area contributed by atoms with Crippen LogP contribution in [-0.4, -0.2) is 8.42 Å². The van der Waals surface area contributed by atoms with E-state index in [4.69, 9.17) is 16.9 Å². The first-order valence-corrected chi connectivity index (χ1v) is 8.48. The molecular weight excluding hydrogens is 316 g/mol. The number of benzene rings is 1. The molecule has 1 aromatic heterocycles. The second kappa shape index (κ2) is 5.94. The fourth-order valence-corrected chi connectivity index (χ4v) is 4.20. The third kappa shape index (κ3) is 3.19. The molecule has 0 saturated carbocycles. The van der Waals surface area contributed by atoms with Crippen molar-refractivity contribution in [3.63, 3.8) is 0 Å². The van der Waals surface area contributed by atoms with Crippen LogP contribution in [0.3, 0.4) is 0 Å². The summed E-state index contributed by atoms with van der Waals surface area (Å²) in [6, 6.07) is 7.52. The van der Waals surface area contributed by atoms with Crippen LogP contribution in [0.2, 0.25) is 5.02 Å². The largest absolute Gasteiger partial charge is 0.242 e. The summed E-state index contributed by atoms with van der Waals surface area (Å²) in [7, 11) is -3.73. The molecule has 20 heavy (non-hydrogen) atoms. The molecule has 0 aliphatic heterocycles. The highest BCUT2D eigenvalue weighted by atomic mass is 35.5. The zero-order valence-corrected chi connectivity index (χ0v) is 12.9. The summed E-state index contributed by atoms with van der Waals surface area (Å²) in [4.78, 5) is -0.0275. The third-order valence-electron chi connectivity index (χ3n) is 2.73. The van der Waals surface area contributed by atoms with Crippen molar-refractivity contribution in [3.8, 4) is 6.07 Å². The Labute approximate surface area is 126 Å². The van der Waals surface area contributed by atoms with Gasteiger partial charge in [-0.25, -0.2) is 13.1 Å².